The predicted molar refractivity (Wildman–Crippen MR) is 113 cm³/mol. The zero-order valence-corrected chi connectivity index (χ0v) is 17.0. The fraction of sp³-hybridized carbons (Fsp3) is 0.478. The van der Waals surface area contributed by atoms with Crippen molar-refractivity contribution in [1.29, 1.82) is 0 Å². The van der Waals surface area contributed by atoms with Gasteiger partial charge >= 0.3 is 0 Å². The molecule has 0 aromatic heterocycles. The largest absolute Gasteiger partial charge is 0.378 e. The van der Waals surface area contributed by atoms with Crippen molar-refractivity contribution >= 4 is 11.4 Å². The van der Waals surface area contributed by atoms with Crippen LogP contribution in [-0.4, -0.2) is 34.8 Å². The van der Waals surface area contributed by atoms with Crippen molar-refractivity contribution in [3.05, 3.63) is 59.7 Å². The molecular formula is C23H34N2O. The lowest BCUT2D eigenvalue weighted by atomic mass is 10.0. The van der Waals surface area contributed by atoms with E-state index < -0.39 is 0 Å². The normalized spacial score (nSPS) is 11.0. The summed E-state index contributed by atoms with van der Waals surface area (Å²) in [6.07, 6.45) is 4.88. The van der Waals surface area contributed by atoms with Crippen LogP contribution in [0, 0.1) is 0 Å². The van der Waals surface area contributed by atoms with Crippen molar-refractivity contribution in [2.45, 2.75) is 38.7 Å². The van der Waals surface area contributed by atoms with Gasteiger partial charge in [-0.05, 0) is 41.8 Å². The van der Waals surface area contributed by atoms with Gasteiger partial charge in [0.05, 0.1) is 0 Å². The summed E-state index contributed by atoms with van der Waals surface area (Å²) in [6, 6.07) is 17.4. The molecule has 0 aliphatic carbocycles. The highest BCUT2D eigenvalue weighted by Crippen LogP contribution is 2.29. The van der Waals surface area contributed by atoms with Gasteiger partial charge in [-0.2, -0.15) is 0 Å². The fourth-order valence-electron chi connectivity index (χ4n) is 3.01. The molecule has 2 aromatic rings. The molecule has 0 fully saturated rings. The monoisotopic (exact) mass is 354 g/mol. The molecule has 3 heteroatoms. The summed E-state index contributed by atoms with van der Waals surface area (Å²) < 4.78 is 6.33. The topological polar surface area (TPSA) is 15.7 Å². The van der Waals surface area contributed by atoms with Crippen LogP contribution in [0.5, 0.6) is 0 Å². The van der Waals surface area contributed by atoms with Crippen LogP contribution in [-0.2, 0) is 4.74 Å². The van der Waals surface area contributed by atoms with Crippen LogP contribution in [0.25, 0.3) is 0 Å². The van der Waals surface area contributed by atoms with Crippen LogP contribution in [0.3, 0.4) is 0 Å². The van der Waals surface area contributed by atoms with E-state index in [0.717, 1.165) is 13.0 Å². The smallest absolute Gasteiger partial charge is 0.108 e. The standard InChI is InChI=1S/C23H34N2O/c1-6-7-8-9-18-26-23(19-10-14-21(15-11-19)24(2)3)20-12-16-22(17-13-20)25(4)5/h10-17,23H,6-9,18H2,1-5H3. The van der Waals surface area contributed by atoms with Crippen LogP contribution in [0.15, 0.2) is 48.5 Å². The third kappa shape index (κ3) is 5.77. The molecule has 0 aliphatic heterocycles. The summed E-state index contributed by atoms with van der Waals surface area (Å²) in [5.41, 5.74) is 4.84. The number of rotatable bonds is 10. The van der Waals surface area contributed by atoms with E-state index in [-0.39, 0.29) is 6.10 Å². The van der Waals surface area contributed by atoms with Gasteiger partial charge in [0.1, 0.15) is 6.10 Å². The van der Waals surface area contributed by atoms with E-state index >= 15 is 0 Å². The summed E-state index contributed by atoms with van der Waals surface area (Å²) in [7, 11) is 8.26. The van der Waals surface area contributed by atoms with E-state index in [1.807, 2.05) is 0 Å². The molecule has 0 saturated carbocycles. The maximum absolute atomic E-state index is 6.33. The van der Waals surface area contributed by atoms with Crippen LogP contribution in [0.4, 0.5) is 11.4 Å². The van der Waals surface area contributed by atoms with Gasteiger partial charge in [0, 0.05) is 46.2 Å². The van der Waals surface area contributed by atoms with Crippen LogP contribution in [0.1, 0.15) is 49.8 Å². The van der Waals surface area contributed by atoms with Crippen LogP contribution < -0.4 is 9.80 Å². The number of hydrogen-bond donors (Lipinski definition) is 0. The van der Waals surface area contributed by atoms with Crippen molar-refractivity contribution < 1.29 is 4.74 Å². The van der Waals surface area contributed by atoms with Gasteiger partial charge in [-0.25, -0.2) is 0 Å². The summed E-state index contributed by atoms with van der Waals surface area (Å²) >= 11 is 0. The van der Waals surface area contributed by atoms with Crippen molar-refractivity contribution in [3.8, 4) is 0 Å². The maximum Gasteiger partial charge on any atom is 0.108 e. The van der Waals surface area contributed by atoms with Gasteiger partial charge in [0.2, 0.25) is 0 Å². The quantitative estimate of drug-likeness (QED) is 0.524. The Bertz CT molecular complexity index is 581. The summed E-state index contributed by atoms with van der Waals surface area (Å²) in [5, 5.41) is 0. The first kappa shape index (κ1) is 20.3. The van der Waals surface area contributed by atoms with Gasteiger partial charge < -0.3 is 14.5 Å². The van der Waals surface area contributed by atoms with E-state index in [0.29, 0.717) is 0 Å². The first-order chi connectivity index (χ1) is 12.5. The van der Waals surface area contributed by atoms with Crippen LogP contribution >= 0.6 is 0 Å². The molecule has 0 heterocycles. The molecule has 142 valence electrons. The van der Waals surface area contributed by atoms with Crippen molar-refractivity contribution in [2.75, 3.05) is 44.6 Å². The van der Waals surface area contributed by atoms with Crippen molar-refractivity contribution in [3.63, 3.8) is 0 Å². The molecule has 2 rings (SSSR count). The van der Waals surface area contributed by atoms with Gasteiger partial charge in [-0.15, -0.1) is 0 Å². The number of ether oxygens (including phenoxy) is 1. The second kappa shape index (κ2) is 10.2. The Kier molecular flexibility index (Phi) is 7.99. The molecule has 0 amide bonds. The van der Waals surface area contributed by atoms with E-state index in [2.05, 4.69) is 93.4 Å². The highest BCUT2D eigenvalue weighted by Gasteiger charge is 2.15. The summed E-state index contributed by atoms with van der Waals surface area (Å²) in [5.74, 6) is 0. The lowest BCUT2D eigenvalue weighted by Crippen LogP contribution is -2.11. The first-order valence-electron chi connectivity index (χ1n) is 9.69. The number of benzene rings is 2. The number of unbranched alkanes of at least 4 members (excludes halogenated alkanes) is 3. The zero-order valence-electron chi connectivity index (χ0n) is 17.0. The Morgan fingerprint density at radius 1 is 0.692 bits per heavy atom. The third-order valence-electron chi connectivity index (χ3n) is 4.71. The molecule has 0 unspecified atom stereocenters. The minimum absolute atomic E-state index is 0.0101. The Hall–Kier alpha value is -2.00. The van der Waals surface area contributed by atoms with Gasteiger partial charge in [0.15, 0.2) is 0 Å². The molecule has 0 bridgehead atoms. The highest BCUT2D eigenvalue weighted by molar-refractivity contribution is 5.49. The predicted octanol–water partition coefficient (Wildman–Crippen LogP) is 5.50. The second-order valence-corrected chi connectivity index (χ2v) is 7.28. The Balaban J connectivity index is 2.17. The first-order valence-corrected chi connectivity index (χ1v) is 9.69. The van der Waals surface area contributed by atoms with E-state index in [4.69, 9.17) is 4.74 Å². The Morgan fingerprint density at radius 2 is 1.15 bits per heavy atom. The number of nitrogens with zero attached hydrogens (tertiary/aromatic N) is 2. The van der Waals surface area contributed by atoms with E-state index in [1.165, 1.54) is 41.8 Å². The average Bonchev–Trinajstić information content (AvgIpc) is 2.65. The van der Waals surface area contributed by atoms with Gasteiger partial charge in [-0.3, -0.25) is 0 Å². The maximum atomic E-state index is 6.33. The van der Waals surface area contributed by atoms with Crippen molar-refractivity contribution in [2.24, 2.45) is 0 Å². The van der Waals surface area contributed by atoms with Gasteiger partial charge in [-0.1, -0.05) is 50.5 Å². The van der Waals surface area contributed by atoms with Crippen molar-refractivity contribution in [1.82, 2.24) is 0 Å². The fourth-order valence-corrected chi connectivity index (χ4v) is 3.01. The minimum Gasteiger partial charge on any atom is -0.378 e. The van der Waals surface area contributed by atoms with Crippen LogP contribution in [0.2, 0.25) is 0 Å². The highest BCUT2D eigenvalue weighted by atomic mass is 16.5. The molecular weight excluding hydrogens is 320 g/mol. The van der Waals surface area contributed by atoms with E-state index in [9.17, 15) is 0 Å². The Labute approximate surface area is 159 Å². The minimum atomic E-state index is -0.0101. The molecule has 0 radical (unpaired) electrons. The molecule has 0 N–H and O–H groups in total. The molecule has 3 nitrogen and oxygen atoms in total. The van der Waals surface area contributed by atoms with E-state index in [1.54, 1.807) is 0 Å². The molecule has 0 spiro atoms. The molecule has 0 aliphatic rings. The SMILES string of the molecule is CCCCCCOC(c1ccc(N(C)C)cc1)c1ccc(N(C)C)cc1. The number of anilines is 2. The molecule has 0 saturated heterocycles. The summed E-state index contributed by atoms with van der Waals surface area (Å²) in [4.78, 5) is 4.24. The molecule has 0 atom stereocenters. The lowest BCUT2D eigenvalue weighted by molar-refractivity contribution is 0.0769. The summed E-state index contributed by atoms with van der Waals surface area (Å²) in [6.45, 7) is 3.04. The average molecular weight is 355 g/mol. The van der Waals surface area contributed by atoms with Gasteiger partial charge in [0.25, 0.3) is 0 Å². The lowest BCUT2D eigenvalue weighted by Gasteiger charge is -2.21. The molecule has 2 aromatic carbocycles. The zero-order chi connectivity index (χ0) is 18.9. The Morgan fingerprint density at radius 3 is 1.54 bits per heavy atom. The third-order valence-corrected chi connectivity index (χ3v) is 4.71. The second-order valence-electron chi connectivity index (χ2n) is 7.28. The number of hydrogen-bond acceptors (Lipinski definition) is 3. The molecule has 26 heavy (non-hydrogen) atoms.